The molecule has 11 rings (SSSR count). The first-order valence-corrected chi connectivity index (χ1v) is 19.9. The van der Waals surface area contributed by atoms with Gasteiger partial charge < -0.3 is 14.9 Å². The fraction of sp³-hybridized carbons (Fsp3) is 0.0182. The molecular formula is C55H39N3. The van der Waals surface area contributed by atoms with Crippen LogP contribution in [0.4, 0.5) is 0 Å². The molecule has 11 aromatic rings. The molecule has 0 aliphatic heterocycles. The minimum atomic E-state index is 0.751. The van der Waals surface area contributed by atoms with Crippen LogP contribution in [0.3, 0.4) is 0 Å². The molecule has 0 aliphatic carbocycles. The van der Waals surface area contributed by atoms with Gasteiger partial charge in [0.25, 0.3) is 0 Å². The van der Waals surface area contributed by atoms with E-state index in [0.29, 0.717) is 0 Å². The van der Waals surface area contributed by atoms with Crippen molar-refractivity contribution in [2.75, 3.05) is 0 Å². The van der Waals surface area contributed by atoms with Crippen LogP contribution in [0.2, 0.25) is 0 Å². The van der Waals surface area contributed by atoms with Gasteiger partial charge in [-0.25, -0.2) is 0 Å². The molecule has 0 bridgehead atoms. The maximum Gasteiger partial charge on any atom is 0.0625 e. The zero-order valence-electron chi connectivity index (χ0n) is 31.9. The van der Waals surface area contributed by atoms with E-state index in [1.807, 2.05) is 24.3 Å². The number of hydrogen-bond acceptors (Lipinski definition) is 1. The van der Waals surface area contributed by atoms with E-state index in [9.17, 15) is 0 Å². The summed E-state index contributed by atoms with van der Waals surface area (Å²) >= 11 is 0. The molecule has 0 unspecified atom stereocenters. The molecule has 0 radical (unpaired) electrons. The maximum atomic E-state index is 6.62. The first-order valence-electron chi connectivity index (χ1n) is 19.9. The summed E-state index contributed by atoms with van der Waals surface area (Å²) in [6.07, 6.45) is 5.16. The van der Waals surface area contributed by atoms with E-state index in [1.165, 1.54) is 76.4 Å². The van der Waals surface area contributed by atoms with E-state index in [-0.39, 0.29) is 0 Å². The molecule has 9 aromatic carbocycles. The van der Waals surface area contributed by atoms with E-state index in [1.54, 1.807) is 0 Å². The Morgan fingerprint density at radius 2 is 0.966 bits per heavy atom. The summed E-state index contributed by atoms with van der Waals surface area (Å²) in [5.74, 6) is 0. The largest absolute Gasteiger partial charge is 0.398 e. The Hall–Kier alpha value is -7.62. The molecule has 58 heavy (non-hydrogen) atoms. The molecule has 3 heteroatoms. The number of nitrogens with two attached hydrogens (primary N) is 1. The summed E-state index contributed by atoms with van der Waals surface area (Å²) in [7, 11) is 0. The highest BCUT2D eigenvalue weighted by molar-refractivity contribution is 6.31. The standard InChI is InChI=1S/C55H39N3/c56-49(39-16-6-2-7-17-39)36-41(38-14-4-1-5-15-38)27-24-37-25-30-43(31-26-37)57-51-23-13-11-21-48(51)54-46-32-28-40-29-33-47-44-20-10-12-22-50(44)58(42-18-8-3-9-19-42)55(47)53(40)45(46)34-35-52(54)57/h1-23,25-36H,24,56H2/b41-27+,49-36-. The highest BCUT2D eigenvalue weighted by atomic mass is 15.0. The minimum Gasteiger partial charge on any atom is -0.398 e. The monoisotopic (exact) mass is 741 g/mol. The lowest BCUT2D eigenvalue weighted by Gasteiger charge is -2.13. The van der Waals surface area contributed by atoms with E-state index in [4.69, 9.17) is 5.73 Å². The van der Waals surface area contributed by atoms with Gasteiger partial charge in [0.15, 0.2) is 0 Å². The second-order valence-electron chi connectivity index (χ2n) is 15.1. The zero-order chi connectivity index (χ0) is 38.6. The van der Waals surface area contributed by atoms with Crippen molar-refractivity contribution < 1.29 is 0 Å². The predicted octanol–water partition coefficient (Wildman–Crippen LogP) is 13.8. The number of hydrogen-bond donors (Lipinski definition) is 1. The molecule has 274 valence electrons. The summed E-state index contributed by atoms with van der Waals surface area (Å²) < 4.78 is 4.88. The highest BCUT2D eigenvalue weighted by Crippen LogP contribution is 2.43. The lowest BCUT2D eigenvalue weighted by atomic mass is 9.96. The first kappa shape index (κ1) is 33.7. The molecule has 3 nitrogen and oxygen atoms in total. The van der Waals surface area contributed by atoms with Crippen LogP contribution in [0.5, 0.6) is 0 Å². The predicted molar refractivity (Wildman–Crippen MR) is 247 cm³/mol. The molecule has 0 saturated heterocycles. The van der Waals surface area contributed by atoms with Gasteiger partial charge in [0.2, 0.25) is 0 Å². The molecule has 0 fully saturated rings. The van der Waals surface area contributed by atoms with Crippen LogP contribution in [-0.2, 0) is 6.42 Å². The van der Waals surface area contributed by atoms with Crippen LogP contribution in [-0.4, -0.2) is 9.13 Å². The van der Waals surface area contributed by atoms with Gasteiger partial charge >= 0.3 is 0 Å². The minimum absolute atomic E-state index is 0.751. The molecule has 0 aliphatic rings. The van der Waals surface area contributed by atoms with Crippen LogP contribution in [0, 0.1) is 0 Å². The van der Waals surface area contributed by atoms with Gasteiger partial charge in [0.1, 0.15) is 0 Å². The molecule has 0 spiro atoms. The van der Waals surface area contributed by atoms with Gasteiger partial charge in [0.05, 0.1) is 22.1 Å². The highest BCUT2D eigenvalue weighted by Gasteiger charge is 2.20. The Labute approximate surface area is 336 Å². The smallest absolute Gasteiger partial charge is 0.0625 e. The maximum absolute atomic E-state index is 6.62. The van der Waals surface area contributed by atoms with Crippen LogP contribution >= 0.6 is 0 Å². The van der Waals surface area contributed by atoms with Crippen molar-refractivity contribution in [3.8, 4) is 11.4 Å². The topological polar surface area (TPSA) is 35.9 Å². The van der Waals surface area contributed by atoms with Crippen LogP contribution in [0.25, 0.3) is 87.8 Å². The van der Waals surface area contributed by atoms with E-state index in [2.05, 4.69) is 197 Å². The number of para-hydroxylation sites is 3. The Kier molecular flexibility index (Phi) is 8.04. The van der Waals surface area contributed by atoms with Crippen molar-refractivity contribution in [1.82, 2.24) is 9.13 Å². The van der Waals surface area contributed by atoms with Crippen molar-refractivity contribution in [2.24, 2.45) is 5.73 Å². The molecular weight excluding hydrogens is 703 g/mol. The van der Waals surface area contributed by atoms with Crippen LogP contribution in [0.1, 0.15) is 16.7 Å². The SMILES string of the molecule is N/C(=C\C(=C/Cc1ccc(-n2c3ccccc3c3c4ccc5ccc6c7ccccc7n(-c7ccccc7)c6c5c4ccc32)cc1)c1ccccc1)c1ccccc1. The number of rotatable bonds is 7. The summed E-state index contributed by atoms with van der Waals surface area (Å²) in [4.78, 5) is 0. The molecule has 0 atom stereocenters. The van der Waals surface area contributed by atoms with E-state index in [0.717, 1.165) is 34.5 Å². The van der Waals surface area contributed by atoms with Crippen LogP contribution < -0.4 is 5.73 Å². The molecule has 2 N–H and O–H groups in total. The Balaban J connectivity index is 1.05. The Morgan fingerprint density at radius 1 is 0.414 bits per heavy atom. The third kappa shape index (κ3) is 5.51. The lowest BCUT2D eigenvalue weighted by Crippen LogP contribution is -1.97. The van der Waals surface area contributed by atoms with Crippen molar-refractivity contribution >= 4 is 76.4 Å². The van der Waals surface area contributed by atoms with Gasteiger partial charge in [-0.2, -0.15) is 0 Å². The van der Waals surface area contributed by atoms with E-state index < -0.39 is 0 Å². The molecule has 0 saturated carbocycles. The van der Waals surface area contributed by atoms with Gasteiger partial charge in [-0.1, -0.05) is 164 Å². The van der Waals surface area contributed by atoms with Gasteiger partial charge in [-0.05, 0) is 93.4 Å². The van der Waals surface area contributed by atoms with Gasteiger partial charge in [-0.3, -0.25) is 0 Å². The number of allylic oxidation sites excluding steroid dienone is 3. The van der Waals surface area contributed by atoms with Crippen molar-refractivity contribution in [3.63, 3.8) is 0 Å². The third-order valence-corrected chi connectivity index (χ3v) is 11.7. The van der Waals surface area contributed by atoms with Gasteiger partial charge in [0, 0.05) is 44.0 Å². The third-order valence-electron chi connectivity index (χ3n) is 11.7. The fourth-order valence-electron chi connectivity index (χ4n) is 9.05. The van der Waals surface area contributed by atoms with Gasteiger partial charge in [-0.15, -0.1) is 0 Å². The summed E-state index contributed by atoms with van der Waals surface area (Å²) in [5.41, 5.74) is 19.0. The Bertz CT molecular complexity index is 3390. The number of nitrogens with zero attached hydrogens (tertiary/aromatic N) is 2. The second kappa shape index (κ2) is 13.8. The number of benzene rings is 9. The molecule has 2 aromatic heterocycles. The van der Waals surface area contributed by atoms with Crippen LogP contribution in [0.15, 0.2) is 212 Å². The quantitative estimate of drug-likeness (QED) is 0.128. The molecule has 2 heterocycles. The lowest BCUT2D eigenvalue weighted by molar-refractivity contribution is 1.16. The van der Waals surface area contributed by atoms with Crippen molar-refractivity contribution in [2.45, 2.75) is 6.42 Å². The number of fused-ring (bicyclic) bond motifs is 11. The summed E-state index contributed by atoms with van der Waals surface area (Å²) in [6.45, 7) is 0. The summed E-state index contributed by atoms with van der Waals surface area (Å²) in [5, 5.41) is 10.1. The first-order chi connectivity index (χ1) is 28.7. The normalized spacial score (nSPS) is 12.5. The number of aromatic nitrogens is 2. The average molecular weight is 742 g/mol. The average Bonchev–Trinajstić information content (AvgIpc) is 3.82. The van der Waals surface area contributed by atoms with E-state index >= 15 is 0 Å². The summed E-state index contributed by atoms with van der Waals surface area (Å²) in [6, 6.07) is 72.0. The molecule has 0 amide bonds. The second-order valence-corrected chi connectivity index (χ2v) is 15.1. The Morgan fingerprint density at radius 3 is 1.69 bits per heavy atom. The zero-order valence-corrected chi connectivity index (χ0v) is 31.9. The fourth-order valence-corrected chi connectivity index (χ4v) is 9.05. The van der Waals surface area contributed by atoms with Crippen molar-refractivity contribution in [3.05, 3.63) is 229 Å². The van der Waals surface area contributed by atoms with Crippen molar-refractivity contribution in [1.29, 1.82) is 0 Å².